The molecule has 0 amide bonds. The lowest BCUT2D eigenvalue weighted by molar-refractivity contribution is 0.137. The van der Waals surface area contributed by atoms with Crippen LogP contribution < -0.4 is 9.80 Å². The third kappa shape index (κ3) is 6.62. The van der Waals surface area contributed by atoms with Crippen LogP contribution in [-0.2, 0) is 4.74 Å². The number of halogens is 1. The van der Waals surface area contributed by atoms with Crippen molar-refractivity contribution in [2.75, 3.05) is 36.2 Å². The molecule has 30 heavy (non-hydrogen) atoms. The summed E-state index contributed by atoms with van der Waals surface area (Å²) in [5.74, 6) is 1.08. The Morgan fingerprint density at radius 3 is 2.13 bits per heavy atom. The van der Waals surface area contributed by atoms with Gasteiger partial charge in [-0.3, -0.25) is 9.89 Å². The molecule has 0 bridgehead atoms. The van der Waals surface area contributed by atoms with Gasteiger partial charge in [0.1, 0.15) is 6.73 Å². The van der Waals surface area contributed by atoms with Crippen molar-refractivity contribution in [3.8, 4) is 0 Å². The first-order chi connectivity index (χ1) is 14.2. The van der Waals surface area contributed by atoms with Crippen molar-refractivity contribution >= 4 is 29.7 Å². The molecular formula is C25H42ClN3O. The number of anilines is 2. The lowest BCUT2D eigenvalue weighted by atomic mass is 10.1. The summed E-state index contributed by atoms with van der Waals surface area (Å²) in [7, 11) is 0. The van der Waals surface area contributed by atoms with E-state index in [2.05, 4.69) is 42.7 Å². The molecule has 0 saturated heterocycles. The van der Waals surface area contributed by atoms with Crippen LogP contribution in [0.1, 0.15) is 88.7 Å². The highest BCUT2D eigenvalue weighted by Gasteiger charge is 2.34. The Morgan fingerprint density at radius 1 is 0.867 bits per heavy atom. The minimum Gasteiger partial charge on any atom is -0.361 e. The molecular weight excluding hydrogens is 394 g/mol. The molecule has 2 aliphatic rings. The average Bonchev–Trinajstić information content (AvgIpc) is 3.02. The second-order valence-electron chi connectivity index (χ2n) is 8.76. The van der Waals surface area contributed by atoms with Gasteiger partial charge in [-0.2, -0.15) is 0 Å². The fourth-order valence-electron chi connectivity index (χ4n) is 4.35. The number of guanidine groups is 1. The number of hydrogen-bond donors (Lipinski definition) is 0. The van der Waals surface area contributed by atoms with Crippen LogP contribution in [-0.4, -0.2) is 32.4 Å². The topological polar surface area (TPSA) is 28.1 Å². The van der Waals surface area contributed by atoms with E-state index in [4.69, 9.17) is 9.73 Å². The highest BCUT2D eigenvalue weighted by atomic mass is 35.5. The van der Waals surface area contributed by atoms with E-state index >= 15 is 0 Å². The number of nitrogens with zero attached hydrogens (tertiary/aromatic N) is 3. The Hall–Kier alpha value is -1.26. The Morgan fingerprint density at radius 2 is 1.47 bits per heavy atom. The molecule has 0 aliphatic carbocycles. The Labute approximate surface area is 190 Å². The smallest absolute Gasteiger partial charge is 0.207 e. The number of rotatable bonds is 13. The summed E-state index contributed by atoms with van der Waals surface area (Å²) in [4.78, 5) is 9.46. The van der Waals surface area contributed by atoms with E-state index in [0.717, 1.165) is 32.1 Å². The molecule has 0 aromatic heterocycles. The van der Waals surface area contributed by atoms with Crippen LogP contribution >= 0.6 is 12.4 Å². The van der Waals surface area contributed by atoms with Crippen LogP contribution in [0.5, 0.6) is 0 Å². The van der Waals surface area contributed by atoms with Crippen molar-refractivity contribution in [2.24, 2.45) is 4.99 Å². The molecule has 0 saturated carbocycles. The van der Waals surface area contributed by atoms with Crippen LogP contribution in [0.25, 0.3) is 0 Å². The fraction of sp³-hybridized carbons (Fsp3) is 0.720. The summed E-state index contributed by atoms with van der Waals surface area (Å²) < 4.78 is 6.08. The Kier molecular flexibility index (Phi) is 11.0. The molecule has 0 radical (unpaired) electrons. The minimum atomic E-state index is 0. The molecule has 170 valence electrons. The molecule has 0 atom stereocenters. The highest BCUT2D eigenvalue weighted by molar-refractivity contribution is 6.16. The molecule has 0 N–H and O–H groups in total. The van der Waals surface area contributed by atoms with Crippen molar-refractivity contribution in [1.29, 1.82) is 0 Å². The van der Waals surface area contributed by atoms with Gasteiger partial charge in [0.15, 0.2) is 0 Å². The van der Waals surface area contributed by atoms with E-state index < -0.39 is 0 Å². The number of benzene rings is 1. The monoisotopic (exact) mass is 435 g/mol. The predicted molar refractivity (Wildman–Crippen MR) is 133 cm³/mol. The van der Waals surface area contributed by atoms with E-state index in [9.17, 15) is 0 Å². The first-order valence-electron chi connectivity index (χ1n) is 12.0. The highest BCUT2D eigenvalue weighted by Crippen LogP contribution is 2.40. The van der Waals surface area contributed by atoms with E-state index in [1.807, 2.05) is 0 Å². The summed E-state index contributed by atoms with van der Waals surface area (Å²) in [6.07, 6.45) is 14.7. The normalized spacial score (nSPS) is 15.0. The zero-order chi connectivity index (χ0) is 20.5. The van der Waals surface area contributed by atoms with Gasteiger partial charge in [-0.1, -0.05) is 64.7 Å². The van der Waals surface area contributed by atoms with E-state index in [0.29, 0.717) is 6.73 Å². The number of ether oxygens (including phenoxy) is 1. The van der Waals surface area contributed by atoms with Crippen LogP contribution in [0.15, 0.2) is 17.1 Å². The molecule has 5 heteroatoms. The predicted octanol–water partition coefficient (Wildman–Crippen LogP) is 7.01. The molecule has 1 aromatic rings. The summed E-state index contributed by atoms with van der Waals surface area (Å²) in [6.45, 7) is 10.1. The number of aliphatic imine (C=N–C) groups is 1. The number of unbranched alkanes of at least 4 members (excludes halogenated alkanes) is 9. The van der Waals surface area contributed by atoms with Crippen LogP contribution in [0.2, 0.25) is 0 Å². The van der Waals surface area contributed by atoms with Gasteiger partial charge in [0.25, 0.3) is 0 Å². The molecule has 2 aliphatic heterocycles. The largest absolute Gasteiger partial charge is 0.361 e. The van der Waals surface area contributed by atoms with Crippen LogP contribution in [0, 0.1) is 13.8 Å². The quantitative estimate of drug-likeness (QED) is 0.312. The maximum atomic E-state index is 6.08. The van der Waals surface area contributed by atoms with Gasteiger partial charge in [-0.15, -0.1) is 12.4 Å². The van der Waals surface area contributed by atoms with Gasteiger partial charge in [0.2, 0.25) is 5.96 Å². The Bertz CT molecular complexity index is 677. The lowest BCUT2D eigenvalue weighted by Gasteiger charge is -2.26. The average molecular weight is 436 g/mol. The van der Waals surface area contributed by atoms with E-state index in [1.54, 1.807) is 0 Å². The lowest BCUT2D eigenvalue weighted by Crippen LogP contribution is -2.42. The number of aryl methyl sites for hydroxylation is 2. The van der Waals surface area contributed by atoms with E-state index in [-0.39, 0.29) is 12.4 Å². The van der Waals surface area contributed by atoms with E-state index in [1.165, 1.54) is 86.7 Å². The third-order valence-electron chi connectivity index (χ3n) is 6.31. The number of hydrogen-bond acceptors (Lipinski definition) is 4. The second-order valence-corrected chi connectivity index (χ2v) is 8.76. The molecule has 0 unspecified atom stereocenters. The van der Waals surface area contributed by atoms with Gasteiger partial charge in [0, 0.05) is 19.7 Å². The SMILES string of the molecule is CCCCCCCCCCCCOCN1C2=NCCCN2c2cc(C)c(C)cc21.Cl. The second kappa shape index (κ2) is 13.2. The van der Waals surface area contributed by atoms with Crippen LogP contribution in [0.4, 0.5) is 11.4 Å². The van der Waals surface area contributed by atoms with Gasteiger partial charge < -0.3 is 9.64 Å². The molecule has 4 nitrogen and oxygen atoms in total. The first-order valence-corrected chi connectivity index (χ1v) is 12.0. The maximum absolute atomic E-state index is 6.08. The van der Waals surface area contributed by atoms with Crippen molar-refractivity contribution in [3.05, 3.63) is 23.3 Å². The van der Waals surface area contributed by atoms with Gasteiger partial charge >= 0.3 is 0 Å². The van der Waals surface area contributed by atoms with Crippen molar-refractivity contribution in [3.63, 3.8) is 0 Å². The molecule has 1 aromatic carbocycles. The van der Waals surface area contributed by atoms with Crippen molar-refractivity contribution < 1.29 is 4.74 Å². The molecule has 3 rings (SSSR count). The molecule has 2 heterocycles. The summed E-state index contributed by atoms with van der Waals surface area (Å²) in [5, 5.41) is 0. The van der Waals surface area contributed by atoms with Gasteiger partial charge in [-0.05, 0) is 49.9 Å². The first kappa shape index (κ1) is 25.0. The minimum absolute atomic E-state index is 0. The van der Waals surface area contributed by atoms with Gasteiger partial charge in [0.05, 0.1) is 11.4 Å². The fourth-order valence-corrected chi connectivity index (χ4v) is 4.35. The Balaban J connectivity index is 0.00000320. The van der Waals surface area contributed by atoms with Crippen molar-refractivity contribution in [2.45, 2.75) is 91.4 Å². The van der Waals surface area contributed by atoms with Crippen LogP contribution in [0.3, 0.4) is 0 Å². The molecule has 0 spiro atoms. The summed E-state index contributed by atoms with van der Waals surface area (Å²) in [5.41, 5.74) is 5.25. The maximum Gasteiger partial charge on any atom is 0.207 e. The van der Waals surface area contributed by atoms with Crippen molar-refractivity contribution in [1.82, 2.24) is 0 Å². The summed E-state index contributed by atoms with van der Waals surface area (Å²) in [6, 6.07) is 4.61. The zero-order valence-electron chi connectivity index (χ0n) is 19.4. The van der Waals surface area contributed by atoms with Gasteiger partial charge in [-0.25, -0.2) is 0 Å². The summed E-state index contributed by atoms with van der Waals surface area (Å²) >= 11 is 0. The third-order valence-corrected chi connectivity index (χ3v) is 6.31. The molecule has 0 fully saturated rings. The number of fused-ring (bicyclic) bond motifs is 3. The zero-order valence-corrected chi connectivity index (χ0v) is 20.2. The standard InChI is InChI=1S/C25H41N3O.ClH/c1-4-5-6-7-8-9-10-11-12-13-17-29-20-28-24-19-22(3)21(2)18-23(24)27-16-14-15-26-25(27)28;/h18-19H,4-17,20H2,1-3H3;1H.